The molecule has 0 aliphatic carbocycles. The first-order valence-corrected chi connectivity index (χ1v) is 11.7. The van der Waals surface area contributed by atoms with E-state index in [1.807, 2.05) is 30.3 Å². The maximum Gasteiger partial charge on any atom is 0.253 e. The highest BCUT2D eigenvalue weighted by Gasteiger charge is 2.25. The summed E-state index contributed by atoms with van der Waals surface area (Å²) < 4.78 is 28.3. The van der Waals surface area contributed by atoms with Crippen LogP contribution < -0.4 is 15.2 Å². The van der Waals surface area contributed by atoms with Crippen LogP contribution in [0.2, 0.25) is 0 Å². The zero-order chi connectivity index (χ0) is 21.5. The monoisotopic (exact) mass is 423 g/mol. The average Bonchev–Trinajstić information content (AvgIpc) is 3.08. The molecular weight excluding hydrogens is 398 g/mol. The summed E-state index contributed by atoms with van der Waals surface area (Å²) in [5, 5.41) is 0. The maximum absolute atomic E-state index is 12.1. The molecule has 4 rings (SSSR count). The summed E-state index contributed by atoms with van der Waals surface area (Å²) in [5.74, 6) is 0. The molecule has 0 bridgehead atoms. The fraction of sp³-hybridized carbons (Fsp3) is 0.261. The first kappa shape index (κ1) is 20.2. The highest BCUT2D eigenvalue weighted by atomic mass is 32.2. The summed E-state index contributed by atoms with van der Waals surface area (Å²) in [6, 6.07) is 16.0. The van der Waals surface area contributed by atoms with Crippen LogP contribution in [0.25, 0.3) is 11.1 Å². The molecule has 0 spiro atoms. The Morgan fingerprint density at radius 1 is 1.07 bits per heavy atom. The van der Waals surface area contributed by atoms with Crippen LogP contribution in [0.1, 0.15) is 16.7 Å². The Labute approximate surface area is 176 Å². The van der Waals surface area contributed by atoms with E-state index in [0.29, 0.717) is 11.3 Å². The Hall–Kier alpha value is -3.06. The molecule has 30 heavy (non-hydrogen) atoms. The van der Waals surface area contributed by atoms with Crippen molar-refractivity contribution in [2.75, 3.05) is 22.4 Å². The highest BCUT2D eigenvalue weighted by Crippen LogP contribution is 2.39. The molecule has 0 amide bonds. The van der Waals surface area contributed by atoms with E-state index in [4.69, 9.17) is 0 Å². The first-order valence-electron chi connectivity index (χ1n) is 9.82. The van der Waals surface area contributed by atoms with Crippen molar-refractivity contribution in [1.82, 2.24) is 4.57 Å². The van der Waals surface area contributed by atoms with Gasteiger partial charge in [0.05, 0.1) is 11.9 Å². The molecule has 1 aliphatic rings. The number of rotatable bonds is 5. The number of nitrogens with one attached hydrogen (secondary N) is 1. The van der Waals surface area contributed by atoms with Gasteiger partial charge in [0.25, 0.3) is 5.56 Å². The molecule has 0 atom stereocenters. The number of nitrogens with zero attached hydrogens (tertiary/aromatic N) is 2. The van der Waals surface area contributed by atoms with E-state index in [1.54, 1.807) is 24.7 Å². The SMILES string of the molecule is Cc1cc(-c2cc(NS(C)(=O)=O)c3c(c2)N(Cc2ccccc2)CC3)cn(C)c1=O. The number of pyridine rings is 1. The number of hydrogen-bond donors (Lipinski definition) is 1. The summed E-state index contributed by atoms with van der Waals surface area (Å²) in [5.41, 5.74) is 6.18. The molecule has 1 aliphatic heterocycles. The van der Waals surface area contributed by atoms with Gasteiger partial charge in [-0.05, 0) is 48.2 Å². The molecule has 0 radical (unpaired) electrons. The molecule has 0 unspecified atom stereocenters. The third-order valence-corrected chi connectivity index (χ3v) is 6.00. The Bertz CT molecular complexity index is 1240. The number of hydrogen-bond acceptors (Lipinski definition) is 4. The van der Waals surface area contributed by atoms with Crippen LogP contribution in [0, 0.1) is 6.92 Å². The molecule has 2 aromatic carbocycles. The molecule has 0 saturated heterocycles. The van der Waals surface area contributed by atoms with Crippen LogP contribution in [0.5, 0.6) is 0 Å². The third kappa shape index (κ3) is 4.11. The third-order valence-electron chi connectivity index (χ3n) is 5.41. The van der Waals surface area contributed by atoms with Gasteiger partial charge >= 0.3 is 0 Å². The molecule has 7 heteroatoms. The predicted octanol–water partition coefficient (Wildman–Crippen LogP) is 3.29. The standard InChI is InChI=1S/C23H25N3O3S/c1-16-11-19(15-25(2)23(16)27)18-12-21(24-30(3,28)29)20-9-10-26(22(20)13-18)14-17-7-5-4-6-8-17/h4-8,11-13,15,24H,9-10,14H2,1-3H3. The fourth-order valence-electron chi connectivity index (χ4n) is 4.03. The second-order valence-electron chi connectivity index (χ2n) is 7.88. The second kappa shape index (κ2) is 7.65. The smallest absolute Gasteiger partial charge is 0.253 e. The number of aromatic nitrogens is 1. The Kier molecular flexibility index (Phi) is 5.15. The van der Waals surface area contributed by atoms with Gasteiger partial charge in [-0.15, -0.1) is 0 Å². The van der Waals surface area contributed by atoms with Crippen LogP contribution in [-0.2, 0) is 30.0 Å². The van der Waals surface area contributed by atoms with Gasteiger partial charge in [-0.25, -0.2) is 8.42 Å². The van der Waals surface area contributed by atoms with E-state index in [0.717, 1.165) is 41.9 Å². The lowest BCUT2D eigenvalue weighted by molar-refractivity contribution is 0.607. The number of fused-ring (bicyclic) bond motifs is 1. The summed E-state index contributed by atoms with van der Waals surface area (Å²) in [6.07, 6.45) is 3.73. The largest absolute Gasteiger partial charge is 0.367 e. The molecule has 1 aromatic heterocycles. The summed E-state index contributed by atoms with van der Waals surface area (Å²) >= 11 is 0. The molecule has 0 saturated carbocycles. The fourth-order valence-corrected chi connectivity index (χ4v) is 4.61. The van der Waals surface area contributed by atoms with Crippen molar-refractivity contribution in [3.8, 4) is 11.1 Å². The van der Waals surface area contributed by atoms with Crippen molar-refractivity contribution in [3.05, 3.63) is 81.8 Å². The van der Waals surface area contributed by atoms with Crippen molar-refractivity contribution >= 4 is 21.4 Å². The van der Waals surface area contributed by atoms with Crippen LogP contribution in [0.3, 0.4) is 0 Å². The van der Waals surface area contributed by atoms with Crippen LogP contribution in [-0.4, -0.2) is 25.8 Å². The van der Waals surface area contributed by atoms with E-state index in [-0.39, 0.29) is 5.56 Å². The molecular formula is C23H25N3O3S. The normalized spacial score (nSPS) is 13.4. The number of anilines is 2. The zero-order valence-corrected chi connectivity index (χ0v) is 18.2. The van der Waals surface area contributed by atoms with Crippen molar-refractivity contribution in [3.63, 3.8) is 0 Å². The summed E-state index contributed by atoms with van der Waals surface area (Å²) in [7, 11) is -1.70. The molecule has 2 heterocycles. The lowest BCUT2D eigenvalue weighted by atomic mass is 10.0. The molecule has 156 valence electrons. The van der Waals surface area contributed by atoms with Crippen molar-refractivity contribution in [1.29, 1.82) is 0 Å². The van der Waals surface area contributed by atoms with Gasteiger partial charge < -0.3 is 9.47 Å². The number of benzene rings is 2. The molecule has 1 N–H and O–H groups in total. The van der Waals surface area contributed by atoms with E-state index in [9.17, 15) is 13.2 Å². The lowest BCUT2D eigenvalue weighted by Gasteiger charge is -2.21. The number of aryl methyl sites for hydroxylation is 2. The van der Waals surface area contributed by atoms with Gasteiger partial charge in [0, 0.05) is 43.1 Å². The van der Waals surface area contributed by atoms with Crippen molar-refractivity contribution in [2.45, 2.75) is 19.9 Å². The minimum Gasteiger partial charge on any atom is -0.367 e. The summed E-state index contributed by atoms with van der Waals surface area (Å²) in [6.45, 7) is 3.36. The van der Waals surface area contributed by atoms with Crippen LogP contribution in [0.4, 0.5) is 11.4 Å². The summed E-state index contributed by atoms with van der Waals surface area (Å²) in [4.78, 5) is 14.4. The average molecular weight is 424 g/mol. The molecule has 3 aromatic rings. The van der Waals surface area contributed by atoms with Gasteiger partial charge in [0.2, 0.25) is 10.0 Å². The zero-order valence-electron chi connectivity index (χ0n) is 17.3. The maximum atomic E-state index is 12.1. The highest BCUT2D eigenvalue weighted by molar-refractivity contribution is 7.92. The van der Waals surface area contributed by atoms with Gasteiger partial charge in [0.15, 0.2) is 0 Å². The van der Waals surface area contributed by atoms with Crippen molar-refractivity contribution in [2.24, 2.45) is 7.05 Å². The first-order chi connectivity index (χ1) is 14.2. The Balaban J connectivity index is 1.84. The second-order valence-corrected chi connectivity index (χ2v) is 9.63. The quantitative estimate of drug-likeness (QED) is 0.684. The van der Waals surface area contributed by atoms with Gasteiger partial charge in [-0.3, -0.25) is 9.52 Å². The molecule has 6 nitrogen and oxygen atoms in total. The molecule has 0 fully saturated rings. The lowest BCUT2D eigenvalue weighted by Crippen LogP contribution is -2.20. The van der Waals surface area contributed by atoms with E-state index in [1.165, 1.54) is 11.8 Å². The predicted molar refractivity (Wildman–Crippen MR) is 122 cm³/mol. The Morgan fingerprint density at radius 3 is 2.47 bits per heavy atom. The number of sulfonamides is 1. The van der Waals surface area contributed by atoms with Gasteiger partial charge in [0.1, 0.15) is 0 Å². The van der Waals surface area contributed by atoms with Gasteiger partial charge in [-0.1, -0.05) is 30.3 Å². The topological polar surface area (TPSA) is 71.4 Å². The van der Waals surface area contributed by atoms with E-state index >= 15 is 0 Å². The van der Waals surface area contributed by atoms with Crippen LogP contribution >= 0.6 is 0 Å². The van der Waals surface area contributed by atoms with E-state index < -0.39 is 10.0 Å². The van der Waals surface area contributed by atoms with Crippen LogP contribution in [0.15, 0.2) is 59.5 Å². The Morgan fingerprint density at radius 2 is 1.80 bits per heavy atom. The van der Waals surface area contributed by atoms with E-state index in [2.05, 4.69) is 27.8 Å². The minimum absolute atomic E-state index is 0.0416. The van der Waals surface area contributed by atoms with Gasteiger partial charge in [-0.2, -0.15) is 0 Å². The minimum atomic E-state index is -3.42. The van der Waals surface area contributed by atoms with Crippen molar-refractivity contribution < 1.29 is 8.42 Å².